The van der Waals surface area contributed by atoms with Crippen LogP contribution in [0.5, 0.6) is 0 Å². The fraction of sp³-hybridized carbons (Fsp3) is 0.467. The van der Waals surface area contributed by atoms with Crippen molar-refractivity contribution < 1.29 is 14.7 Å². The van der Waals surface area contributed by atoms with Crippen molar-refractivity contribution >= 4 is 11.9 Å². The van der Waals surface area contributed by atoms with Crippen LogP contribution in [-0.4, -0.2) is 23.0 Å². The number of hydrogen-bond acceptors (Lipinski definition) is 2. The molecule has 4 heteroatoms. The molecule has 0 bridgehead atoms. The topological polar surface area (TPSA) is 66.4 Å². The van der Waals surface area contributed by atoms with Gasteiger partial charge in [-0.2, -0.15) is 0 Å². The van der Waals surface area contributed by atoms with Crippen LogP contribution in [0.3, 0.4) is 0 Å². The Hall–Kier alpha value is -1.84. The van der Waals surface area contributed by atoms with Gasteiger partial charge in [0.25, 0.3) is 0 Å². The fourth-order valence-corrected chi connectivity index (χ4v) is 2.18. The van der Waals surface area contributed by atoms with Crippen molar-refractivity contribution in [1.29, 1.82) is 0 Å². The third kappa shape index (κ3) is 3.13. The molecule has 0 spiro atoms. The van der Waals surface area contributed by atoms with Crippen molar-refractivity contribution in [3.8, 4) is 0 Å². The van der Waals surface area contributed by atoms with E-state index in [2.05, 4.69) is 17.4 Å². The van der Waals surface area contributed by atoms with Gasteiger partial charge in [-0.05, 0) is 12.0 Å². The van der Waals surface area contributed by atoms with Crippen LogP contribution in [-0.2, 0) is 9.59 Å². The van der Waals surface area contributed by atoms with Crippen molar-refractivity contribution in [3.63, 3.8) is 0 Å². The second-order valence-electron chi connectivity index (χ2n) is 5.28. The van der Waals surface area contributed by atoms with E-state index in [1.165, 1.54) is 5.56 Å². The number of carboxylic acids is 1. The zero-order valence-electron chi connectivity index (χ0n) is 11.2. The van der Waals surface area contributed by atoms with E-state index < -0.39 is 17.8 Å². The van der Waals surface area contributed by atoms with E-state index >= 15 is 0 Å². The molecule has 1 fully saturated rings. The summed E-state index contributed by atoms with van der Waals surface area (Å²) < 4.78 is 0. The molecule has 0 aromatic heterocycles. The predicted molar refractivity (Wildman–Crippen MR) is 71.7 cm³/mol. The molecule has 1 amide bonds. The number of nitrogens with one attached hydrogen (secondary N) is 1. The minimum Gasteiger partial charge on any atom is -0.481 e. The summed E-state index contributed by atoms with van der Waals surface area (Å²) in [6.07, 6.45) is 0.934. The van der Waals surface area contributed by atoms with Gasteiger partial charge in [0.1, 0.15) is 0 Å². The first-order chi connectivity index (χ1) is 9.00. The molecule has 1 saturated carbocycles. The van der Waals surface area contributed by atoms with Crippen molar-refractivity contribution in [2.24, 2.45) is 11.8 Å². The molecule has 1 aromatic carbocycles. The van der Waals surface area contributed by atoms with Gasteiger partial charge in [0.2, 0.25) is 5.91 Å². The maximum atomic E-state index is 11.9. The lowest BCUT2D eigenvalue weighted by atomic mass is 9.95. The molecule has 1 aromatic rings. The Labute approximate surface area is 112 Å². The van der Waals surface area contributed by atoms with Crippen LogP contribution >= 0.6 is 0 Å². The summed E-state index contributed by atoms with van der Waals surface area (Å²) in [5.41, 5.74) is 1.23. The highest BCUT2D eigenvalue weighted by atomic mass is 16.4. The van der Waals surface area contributed by atoms with E-state index in [0.717, 1.165) is 6.42 Å². The lowest BCUT2D eigenvalue weighted by Gasteiger charge is -2.15. The average Bonchev–Trinajstić information content (AvgIpc) is 3.17. The summed E-state index contributed by atoms with van der Waals surface area (Å²) in [5, 5.41) is 11.8. The van der Waals surface area contributed by atoms with Crippen LogP contribution in [0.2, 0.25) is 0 Å². The Balaban J connectivity index is 1.87. The lowest BCUT2D eigenvalue weighted by molar-refractivity contribution is -0.146. The second kappa shape index (κ2) is 5.43. The number of benzene rings is 1. The summed E-state index contributed by atoms with van der Waals surface area (Å²) in [7, 11) is 0. The summed E-state index contributed by atoms with van der Waals surface area (Å²) >= 11 is 0. The Morgan fingerprint density at radius 1 is 1.21 bits per heavy atom. The highest BCUT2D eigenvalue weighted by Crippen LogP contribution is 2.40. The first-order valence-electron chi connectivity index (χ1n) is 6.59. The Morgan fingerprint density at radius 2 is 1.84 bits per heavy atom. The molecule has 0 heterocycles. The zero-order chi connectivity index (χ0) is 14.0. The van der Waals surface area contributed by atoms with Gasteiger partial charge in [0.15, 0.2) is 0 Å². The molecule has 4 nitrogen and oxygen atoms in total. The minimum atomic E-state index is -0.932. The number of amides is 1. The number of rotatable bonds is 5. The molecule has 4 atom stereocenters. The van der Waals surface area contributed by atoms with Crippen LogP contribution < -0.4 is 5.32 Å². The SMILES string of the molecule is CC(C(=O)O)C(C)C(=O)NC1CC1c1ccccc1. The third-order valence-electron chi connectivity index (χ3n) is 3.90. The molecule has 19 heavy (non-hydrogen) atoms. The van der Waals surface area contributed by atoms with E-state index in [-0.39, 0.29) is 11.9 Å². The maximum absolute atomic E-state index is 11.9. The summed E-state index contributed by atoms with van der Waals surface area (Å²) in [6, 6.07) is 10.2. The molecule has 0 saturated heterocycles. The smallest absolute Gasteiger partial charge is 0.307 e. The summed E-state index contributed by atoms with van der Waals surface area (Å²) in [4.78, 5) is 22.8. The normalized spacial score (nSPS) is 24.3. The number of hydrogen-bond donors (Lipinski definition) is 2. The predicted octanol–water partition coefficient (Wildman–Crippen LogP) is 2.02. The monoisotopic (exact) mass is 261 g/mol. The standard InChI is InChI=1S/C15H19NO3/c1-9(10(2)15(18)19)14(17)16-13-8-12(13)11-6-4-3-5-7-11/h3-7,9-10,12-13H,8H2,1-2H3,(H,16,17)(H,18,19). The highest BCUT2D eigenvalue weighted by Gasteiger charge is 2.40. The Kier molecular flexibility index (Phi) is 3.88. The van der Waals surface area contributed by atoms with E-state index in [9.17, 15) is 9.59 Å². The molecule has 0 radical (unpaired) electrons. The fourth-order valence-electron chi connectivity index (χ4n) is 2.18. The molecule has 2 N–H and O–H groups in total. The summed E-state index contributed by atoms with van der Waals surface area (Å²) in [5.74, 6) is -1.89. The van der Waals surface area contributed by atoms with Crippen molar-refractivity contribution in [2.75, 3.05) is 0 Å². The quantitative estimate of drug-likeness (QED) is 0.852. The van der Waals surface area contributed by atoms with Crippen molar-refractivity contribution in [1.82, 2.24) is 5.32 Å². The minimum absolute atomic E-state index is 0.151. The Morgan fingerprint density at radius 3 is 2.42 bits per heavy atom. The van der Waals surface area contributed by atoms with Crippen LogP contribution in [0.15, 0.2) is 30.3 Å². The first kappa shape index (κ1) is 13.6. The third-order valence-corrected chi connectivity index (χ3v) is 3.90. The van der Waals surface area contributed by atoms with Crippen molar-refractivity contribution in [2.45, 2.75) is 32.2 Å². The van der Waals surface area contributed by atoms with Crippen LogP contribution in [0.1, 0.15) is 31.7 Å². The number of aliphatic carboxylic acids is 1. The van der Waals surface area contributed by atoms with Gasteiger partial charge in [0.05, 0.1) is 5.92 Å². The molecular weight excluding hydrogens is 242 g/mol. The molecule has 2 rings (SSSR count). The van der Waals surface area contributed by atoms with Gasteiger partial charge in [-0.3, -0.25) is 9.59 Å². The van der Waals surface area contributed by atoms with E-state index in [4.69, 9.17) is 5.11 Å². The van der Waals surface area contributed by atoms with Crippen molar-refractivity contribution in [3.05, 3.63) is 35.9 Å². The summed E-state index contributed by atoms with van der Waals surface area (Å²) in [6.45, 7) is 3.22. The molecule has 102 valence electrons. The van der Waals surface area contributed by atoms with Gasteiger partial charge in [-0.25, -0.2) is 0 Å². The van der Waals surface area contributed by atoms with Gasteiger partial charge >= 0.3 is 5.97 Å². The van der Waals surface area contributed by atoms with Crippen LogP contribution in [0.4, 0.5) is 0 Å². The molecule has 0 aliphatic heterocycles. The molecule has 4 unspecified atom stereocenters. The molecule has 1 aliphatic rings. The van der Waals surface area contributed by atoms with Gasteiger partial charge in [-0.15, -0.1) is 0 Å². The zero-order valence-corrected chi connectivity index (χ0v) is 11.2. The molecule has 1 aliphatic carbocycles. The van der Waals surface area contributed by atoms with Gasteiger partial charge in [-0.1, -0.05) is 44.2 Å². The number of carbonyl (C=O) groups is 2. The van der Waals surface area contributed by atoms with Gasteiger partial charge in [0, 0.05) is 17.9 Å². The van der Waals surface area contributed by atoms with E-state index in [1.54, 1.807) is 13.8 Å². The lowest BCUT2D eigenvalue weighted by Crippen LogP contribution is -2.36. The largest absolute Gasteiger partial charge is 0.481 e. The second-order valence-corrected chi connectivity index (χ2v) is 5.28. The van der Waals surface area contributed by atoms with Crippen LogP contribution in [0, 0.1) is 11.8 Å². The highest BCUT2D eigenvalue weighted by molar-refractivity contribution is 5.84. The average molecular weight is 261 g/mol. The number of carbonyl (C=O) groups excluding carboxylic acids is 1. The van der Waals surface area contributed by atoms with E-state index in [1.807, 2.05) is 18.2 Å². The maximum Gasteiger partial charge on any atom is 0.307 e. The number of carboxylic acid groups (broad SMARTS) is 1. The molecular formula is C15H19NO3. The van der Waals surface area contributed by atoms with Gasteiger partial charge < -0.3 is 10.4 Å². The van der Waals surface area contributed by atoms with Crippen LogP contribution in [0.25, 0.3) is 0 Å². The Bertz CT molecular complexity index is 472. The first-order valence-corrected chi connectivity index (χ1v) is 6.59. The van der Waals surface area contributed by atoms with E-state index in [0.29, 0.717) is 5.92 Å².